The van der Waals surface area contributed by atoms with Crippen molar-refractivity contribution in [2.45, 2.75) is 46.0 Å². The van der Waals surface area contributed by atoms with Crippen LogP contribution in [0, 0.1) is 26.0 Å². The molecule has 3 nitrogen and oxygen atoms in total. The van der Waals surface area contributed by atoms with Crippen molar-refractivity contribution in [1.29, 1.82) is 0 Å². The van der Waals surface area contributed by atoms with Crippen LogP contribution in [0.1, 0.15) is 53.8 Å². The van der Waals surface area contributed by atoms with E-state index in [4.69, 9.17) is 15.0 Å². The van der Waals surface area contributed by atoms with Crippen molar-refractivity contribution in [3.63, 3.8) is 0 Å². The van der Waals surface area contributed by atoms with E-state index in [1.807, 2.05) is 12.1 Å². The van der Waals surface area contributed by atoms with Gasteiger partial charge in [0, 0.05) is 46.6 Å². The summed E-state index contributed by atoms with van der Waals surface area (Å²) in [6, 6.07) is 69.1. The molecule has 10 aromatic rings. The number of hydrogen-bond donors (Lipinski definition) is 0. The maximum atomic E-state index is 5.18. The molecule has 327 valence electrons. The molecule has 2 aliphatic carbocycles. The first-order valence-electron chi connectivity index (χ1n) is 22.7. The number of rotatable bonds is 6. The molecule has 0 unspecified atom stereocenters. The Bertz CT molecular complexity index is 3440. The number of nitrogens with zero attached hydrogens (tertiary/aromatic N) is 3. The fourth-order valence-corrected chi connectivity index (χ4v) is 10.7. The van der Waals surface area contributed by atoms with Gasteiger partial charge in [0.15, 0.2) is 0 Å². The van der Waals surface area contributed by atoms with Gasteiger partial charge in [-0.2, -0.15) is 11.3 Å². The Hall–Kier alpha value is -6.88. The number of fused-ring (bicyclic) bond motifs is 5. The first-order valence-corrected chi connectivity index (χ1v) is 23.5. The van der Waals surface area contributed by atoms with Crippen molar-refractivity contribution in [3.8, 4) is 77.7 Å². The van der Waals surface area contributed by atoms with Gasteiger partial charge in [-0.3, -0.25) is 15.0 Å². The number of para-hydroxylation sites is 1. The summed E-state index contributed by atoms with van der Waals surface area (Å²) in [4.78, 5) is 15.0. The summed E-state index contributed by atoms with van der Waals surface area (Å²) in [5.41, 5.74) is 22.6. The van der Waals surface area contributed by atoms with Gasteiger partial charge in [-0.1, -0.05) is 158 Å². The molecule has 0 fully saturated rings. The van der Waals surface area contributed by atoms with Crippen LogP contribution in [0.2, 0.25) is 0 Å². The molecule has 0 atom stereocenters. The molecule has 0 saturated heterocycles. The Morgan fingerprint density at radius 1 is 0.552 bits per heavy atom. The van der Waals surface area contributed by atoms with Crippen molar-refractivity contribution < 1.29 is 20.1 Å². The molecule has 2 heterocycles. The number of aromatic nitrogens is 3. The molecule has 67 heavy (non-hydrogen) atoms. The molecule has 0 bridgehead atoms. The van der Waals surface area contributed by atoms with Crippen molar-refractivity contribution in [2.75, 3.05) is 0 Å². The van der Waals surface area contributed by atoms with E-state index in [0.717, 1.165) is 57.3 Å². The maximum Gasteiger partial charge on any atom is 0.0759 e. The van der Waals surface area contributed by atoms with Crippen molar-refractivity contribution in [3.05, 3.63) is 228 Å². The molecule has 0 spiro atoms. The van der Waals surface area contributed by atoms with Crippen molar-refractivity contribution >= 4 is 27.6 Å². The molecule has 0 aliphatic heterocycles. The van der Waals surface area contributed by atoms with E-state index >= 15 is 0 Å². The Morgan fingerprint density at radius 2 is 1.19 bits per heavy atom. The molecule has 2 aromatic heterocycles. The Balaban J connectivity index is 0.000000154. The number of hydrogen-bond acceptors (Lipinski definition) is 4. The second-order valence-corrected chi connectivity index (χ2v) is 18.8. The molecule has 12 rings (SSSR count). The Labute approximate surface area is 411 Å². The largest absolute Gasteiger partial charge is 0.285 e. The van der Waals surface area contributed by atoms with Crippen molar-refractivity contribution in [2.24, 2.45) is 0 Å². The van der Waals surface area contributed by atoms with Crippen LogP contribution < -0.4 is 0 Å². The molecule has 0 amide bonds. The number of allylic oxidation sites excluding steroid dienone is 1. The fraction of sp³-hybridized carbons (Fsp3) is 0.113. The predicted molar refractivity (Wildman–Crippen MR) is 276 cm³/mol. The van der Waals surface area contributed by atoms with E-state index in [0.29, 0.717) is 0 Å². The summed E-state index contributed by atoms with van der Waals surface area (Å²) < 4.78 is 1.20. The Morgan fingerprint density at radius 3 is 1.94 bits per heavy atom. The maximum absolute atomic E-state index is 5.18. The summed E-state index contributed by atoms with van der Waals surface area (Å²) in [5, 5.41) is 1.00. The van der Waals surface area contributed by atoms with Crippen LogP contribution in [0.3, 0.4) is 0 Å². The van der Waals surface area contributed by atoms with E-state index in [-0.39, 0.29) is 25.5 Å². The van der Waals surface area contributed by atoms with Crippen LogP contribution in [-0.2, 0) is 31.9 Å². The fourth-order valence-electron chi connectivity index (χ4n) is 9.71. The van der Waals surface area contributed by atoms with Crippen LogP contribution in [0.25, 0.3) is 94.0 Å². The zero-order valence-corrected chi connectivity index (χ0v) is 41.1. The second kappa shape index (κ2) is 18.4. The average Bonchev–Trinajstić information content (AvgIpc) is 3.91. The van der Waals surface area contributed by atoms with E-state index in [1.54, 1.807) is 11.3 Å². The van der Waals surface area contributed by atoms with Gasteiger partial charge in [0.05, 0.1) is 17.0 Å². The summed E-state index contributed by atoms with van der Waals surface area (Å²) in [6.07, 6.45) is 6.41. The zero-order chi connectivity index (χ0) is 44.8. The summed E-state index contributed by atoms with van der Waals surface area (Å²) in [5.74, 6) is 0.774. The molecule has 8 aromatic carbocycles. The monoisotopic (exact) mass is 1060 g/mol. The molecule has 0 N–H and O–H groups in total. The SMILES string of the molecule is Cc1cccc(C)c1-c1nc(-c2[c-]cc3c(c2)C(C)(C)c2ccccc2-3)nc2c1C=CCC2.[Ir].[c-]1ccc(-c2cccc(-c3cccc(-c4ccccc4)c3)c2)cc1-c1nc2ccccc2s1. The summed E-state index contributed by atoms with van der Waals surface area (Å²) in [7, 11) is 0. The smallest absolute Gasteiger partial charge is 0.0759 e. The second-order valence-electron chi connectivity index (χ2n) is 17.8. The standard InChI is InChI=1S/C31H27N2.C31H20NS.Ir/c1-19-10-9-11-20(2)28(19)29-24-13-6-8-15-27(24)32-30(33-29)21-16-17-23-22-12-5-7-14-25(22)31(3,4)26(23)18-21;1-2-9-22(10-3-1)23-11-6-12-24(19-23)25-13-7-14-26(20-25)27-15-8-16-28(21-27)31-32-29-17-4-5-18-30(29)33-31;/h5-7,9-14,17-18H,8,15H2,1-4H3;1-15,17-21H;/q2*-1;. The first kappa shape index (κ1) is 44.0. The van der Waals surface area contributed by atoms with E-state index in [2.05, 4.69) is 216 Å². The van der Waals surface area contributed by atoms with Crippen LogP contribution in [0.5, 0.6) is 0 Å². The molecule has 2 aliphatic rings. The topological polar surface area (TPSA) is 38.7 Å². The average molecular weight is 1060 g/mol. The zero-order valence-electron chi connectivity index (χ0n) is 37.9. The van der Waals surface area contributed by atoms with Gasteiger partial charge in [0.2, 0.25) is 0 Å². The molecule has 0 saturated carbocycles. The molecular formula is C62H47IrN3S-2. The molecular weight excluding hydrogens is 1010 g/mol. The van der Waals surface area contributed by atoms with Crippen molar-refractivity contribution in [1.82, 2.24) is 15.0 Å². The normalized spacial score (nSPS) is 12.9. The number of benzene rings is 8. The van der Waals surface area contributed by atoms with E-state index in [9.17, 15) is 0 Å². The van der Waals surface area contributed by atoms with E-state index in [1.165, 1.54) is 77.0 Å². The van der Waals surface area contributed by atoms with E-state index < -0.39 is 0 Å². The number of aryl methyl sites for hydroxylation is 3. The quantitative estimate of drug-likeness (QED) is 0.156. The third-order valence-electron chi connectivity index (χ3n) is 13.2. The van der Waals surface area contributed by atoms with Gasteiger partial charge in [0.25, 0.3) is 0 Å². The van der Waals surface area contributed by atoms with Crippen LogP contribution in [0.15, 0.2) is 182 Å². The summed E-state index contributed by atoms with van der Waals surface area (Å²) in [6.45, 7) is 8.96. The number of thiazole rings is 1. The Kier molecular flexibility index (Phi) is 12.1. The minimum Gasteiger partial charge on any atom is -0.285 e. The van der Waals surface area contributed by atoms with Gasteiger partial charge >= 0.3 is 0 Å². The van der Waals surface area contributed by atoms with Crippen LogP contribution in [0.4, 0.5) is 0 Å². The first-order chi connectivity index (χ1) is 32.3. The minimum atomic E-state index is -0.0534. The van der Waals surface area contributed by atoms with Crippen LogP contribution in [-0.4, -0.2) is 15.0 Å². The molecule has 5 heteroatoms. The van der Waals surface area contributed by atoms with Gasteiger partial charge in [-0.15, -0.1) is 64.7 Å². The minimum absolute atomic E-state index is 0. The van der Waals surface area contributed by atoms with Gasteiger partial charge in [0.1, 0.15) is 0 Å². The third-order valence-corrected chi connectivity index (χ3v) is 14.2. The predicted octanol–water partition coefficient (Wildman–Crippen LogP) is 16.3. The summed E-state index contributed by atoms with van der Waals surface area (Å²) >= 11 is 1.71. The van der Waals surface area contributed by atoms with Crippen LogP contribution >= 0.6 is 11.3 Å². The van der Waals surface area contributed by atoms with Gasteiger partial charge in [-0.25, -0.2) is 0 Å². The third kappa shape index (κ3) is 8.45. The van der Waals surface area contributed by atoms with Gasteiger partial charge in [-0.05, 0) is 101 Å². The molecule has 1 radical (unpaired) electrons. The van der Waals surface area contributed by atoms with Gasteiger partial charge < -0.3 is 0 Å².